The lowest BCUT2D eigenvalue weighted by atomic mass is 9.58. The van der Waals surface area contributed by atoms with Gasteiger partial charge in [-0.2, -0.15) is 11.3 Å². The predicted molar refractivity (Wildman–Crippen MR) is 66.4 cm³/mol. The Morgan fingerprint density at radius 2 is 2.22 bits per heavy atom. The van der Waals surface area contributed by atoms with Crippen LogP contribution >= 0.6 is 11.3 Å². The van der Waals surface area contributed by atoms with E-state index in [1.54, 1.807) is 16.8 Å². The van der Waals surface area contributed by atoms with E-state index >= 15 is 0 Å². The fourth-order valence-electron chi connectivity index (χ4n) is 2.54. The molecule has 0 spiro atoms. The van der Waals surface area contributed by atoms with Crippen molar-refractivity contribution in [3.05, 3.63) is 34.0 Å². The van der Waals surface area contributed by atoms with E-state index < -0.39 is 17.2 Å². The lowest BCUT2D eigenvalue weighted by Gasteiger charge is -2.46. The number of ketones is 3. The number of carbonyl (C=O) groups is 3. The van der Waals surface area contributed by atoms with Gasteiger partial charge in [0.25, 0.3) is 0 Å². The molecule has 0 bridgehead atoms. The second-order valence-electron chi connectivity index (χ2n) is 4.76. The molecule has 2 aliphatic carbocycles. The highest BCUT2D eigenvalue weighted by molar-refractivity contribution is 7.08. The summed E-state index contributed by atoms with van der Waals surface area (Å²) in [7, 11) is 0. The Bertz CT molecular complexity index is 587. The van der Waals surface area contributed by atoms with Crippen molar-refractivity contribution in [3.8, 4) is 0 Å². The smallest absolute Gasteiger partial charge is 0.197 e. The van der Waals surface area contributed by atoms with E-state index in [-0.39, 0.29) is 17.1 Å². The summed E-state index contributed by atoms with van der Waals surface area (Å²) < 4.78 is 0. The number of rotatable bonds is 2. The van der Waals surface area contributed by atoms with Gasteiger partial charge in [-0.15, -0.1) is 0 Å². The van der Waals surface area contributed by atoms with Crippen molar-refractivity contribution < 1.29 is 14.4 Å². The van der Waals surface area contributed by atoms with Crippen LogP contribution in [0.25, 0.3) is 0 Å². The lowest BCUT2D eigenvalue weighted by Crippen LogP contribution is -2.65. The molecule has 2 N–H and O–H groups in total. The molecule has 1 aromatic rings. The molecule has 92 valence electrons. The largest absolute Gasteiger partial charge is 0.318 e. The molecule has 2 aliphatic rings. The van der Waals surface area contributed by atoms with Crippen LogP contribution in [0.2, 0.25) is 0 Å². The average Bonchev–Trinajstić information content (AvgIpc) is 2.84. The molecule has 1 aromatic heterocycles. The highest BCUT2D eigenvalue weighted by Crippen LogP contribution is 2.43. The summed E-state index contributed by atoms with van der Waals surface area (Å²) >= 11 is 1.37. The molecular weight excluding hydrogens is 250 g/mol. The van der Waals surface area contributed by atoms with Crippen LogP contribution in [0.1, 0.15) is 23.2 Å². The maximum atomic E-state index is 12.2. The molecule has 1 saturated carbocycles. The number of nitrogens with two attached hydrogens (primary N) is 1. The lowest BCUT2D eigenvalue weighted by molar-refractivity contribution is -0.137. The summed E-state index contributed by atoms with van der Waals surface area (Å²) in [6, 6.07) is 1.64. The Hall–Kier alpha value is -1.59. The van der Waals surface area contributed by atoms with Gasteiger partial charge in [-0.3, -0.25) is 14.4 Å². The van der Waals surface area contributed by atoms with Crippen molar-refractivity contribution in [3.63, 3.8) is 0 Å². The summed E-state index contributed by atoms with van der Waals surface area (Å²) in [6.07, 6.45) is 2.30. The number of hydrogen-bond donors (Lipinski definition) is 1. The maximum absolute atomic E-state index is 12.2. The molecule has 0 amide bonds. The molecule has 2 atom stereocenters. The SMILES string of the molecule is NC12CCC1C(=O)C=C(C(=O)c1ccsc1)C2=O. The first-order valence-electron chi connectivity index (χ1n) is 5.70. The van der Waals surface area contributed by atoms with E-state index in [0.29, 0.717) is 18.4 Å². The highest BCUT2D eigenvalue weighted by atomic mass is 32.1. The van der Waals surface area contributed by atoms with Gasteiger partial charge in [-0.1, -0.05) is 0 Å². The molecule has 0 radical (unpaired) electrons. The Balaban J connectivity index is 2.02. The number of fused-ring (bicyclic) bond motifs is 1. The van der Waals surface area contributed by atoms with Crippen LogP contribution in [0.4, 0.5) is 0 Å². The molecule has 1 fully saturated rings. The third-order valence-corrected chi connectivity index (χ3v) is 4.48. The van der Waals surface area contributed by atoms with Crippen LogP contribution in [-0.4, -0.2) is 22.9 Å². The predicted octanol–water partition coefficient (Wildman–Crippen LogP) is 1.12. The zero-order valence-electron chi connectivity index (χ0n) is 9.51. The summed E-state index contributed by atoms with van der Waals surface area (Å²) in [5.41, 5.74) is 5.21. The second kappa shape index (κ2) is 3.70. The minimum atomic E-state index is -1.13. The minimum absolute atomic E-state index is 0.0585. The van der Waals surface area contributed by atoms with Gasteiger partial charge in [0.05, 0.1) is 11.1 Å². The molecule has 0 saturated heterocycles. The molecule has 4 nitrogen and oxygen atoms in total. The summed E-state index contributed by atoms with van der Waals surface area (Å²) in [5.74, 6) is -1.40. The normalized spacial score (nSPS) is 30.5. The van der Waals surface area contributed by atoms with Gasteiger partial charge in [0.1, 0.15) is 0 Å². The highest BCUT2D eigenvalue weighted by Gasteiger charge is 2.56. The van der Waals surface area contributed by atoms with Gasteiger partial charge in [-0.25, -0.2) is 0 Å². The van der Waals surface area contributed by atoms with Crippen LogP contribution in [0.5, 0.6) is 0 Å². The third kappa shape index (κ3) is 1.38. The first-order chi connectivity index (χ1) is 8.54. The van der Waals surface area contributed by atoms with E-state index in [0.717, 1.165) is 0 Å². The van der Waals surface area contributed by atoms with Crippen molar-refractivity contribution in [1.82, 2.24) is 0 Å². The van der Waals surface area contributed by atoms with Gasteiger partial charge in [0.15, 0.2) is 17.3 Å². The summed E-state index contributed by atoms with van der Waals surface area (Å²) in [4.78, 5) is 36.2. The van der Waals surface area contributed by atoms with Crippen molar-refractivity contribution in [2.75, 3.05) is 0 Å². The van der Waals surface area contributed by atoms with Crippen molar-refractivity contribution >= 4 is 28.7 Å². The average molecular weight is 261 g/mol. The molecule has 5 heteroatoms. The Kier molecular flexibility index (Phi) is 2.36. The van der Waals surface area contributed by atoms with Crippen LogP contribution < -0.4 is 5.73 Å². The molecule has 1 heterocycles. The van der Waals surface area contributed by atoms with Crippen LogP contribution in [0, 0.1) is 5.92 Å². The molecular formula is C13H11NO3S. The Labute approximate surface area is 107 Å². The number of Topliss-reactive ketones (excluding diaryl/α,β-unsaturated/α-hetero) is 2. The van der Waals surface area contributed by atoms with Crippen molar-refractivity contribution in [2.24, 2.45) is 11.7 Å². The van der Waals surface area contributed by atoms with E-state index in [1.165, 1.54) is 17.4 Å². The van der Waals surface area contributed by atoms with E-state index in [4.69, 9.17) is 5.73 Å². The summed E-state index contributed by atoms with van der Waals surface area (Å²) in [6.45, 7) is 0. The third-order valence-electron chi connectivity index (χ3n) is 3.79. The van der Waals surface area contributed by atoms with Gasteiger partial charge < -0.3 is 5.73 Å². The standard InChI is InChI=1S/C13H11NO3S/c14-13-3-1-9(13)10(15)5-8(12(13)17)11(16)7-2-4-18-6-7/h2,4-6,9H,1,3,14H2. The number of carbonyl (C=O) groups excluding carboxylic acids is 3. The first kappa shape index (κ1) is 11.5. The molecule has 0 aliphatic heterocycles. The first-order valence-corrected chi connectivity index (χ1v) is 6.64. The second-order valence-corrected chi connectivity index (χ2v) is 5.54. The Morgan fingerprint density at radius 3 is 2.78 bits per heavy atom. The van der Waals surface area contributed by atoms with Gasteiger partial charge in [0.2, 0.25) is 0 Å². The zero-order chi connectivity index (χ0) is 12.9. The molecule has 18 heavy (non-hydrogen) atoms. The number of allylic oxidation sites excluding steroid dienone is 1. The zero-order valence-corrected chi connectivity index (χ0v) is 10.3. The van der Waals surface area contributed by atoms with Crippen LogP contribution in [0.15, 0.2) is 28.5 Å². The van der Waals surface area contributed by atoms with Crippen molar-refractivity contribution in [2.45, 2.75) is 18.4 Å². The van der Waals surface area contributed by atoms with Crippen molar-refractivity contribution in [1.29, 1.82) is 0 Å². The van der Waals surface area contributed by atoms with Gasteiger partial charge in [0, 0.05) is 16.9 Å². The fourth-order valence-corrected chi connectivity index (χ4v) is 3.18. The number of hydrogen-bond acceptors (Lipinski definition) is 5. The quantitative estimate of drug-likeness (QED) is 0.639. The minimum Gasteiger partial charge on any atom is -0.318 e. The number of thiophene rings is 1. The van der Waals surface area contributed by atoms with E-state index in [2.05, 4.69) is 0 Å². The van der Waals surface area contributed by atoms with E-state index in [1.807, 2.05) is 0 Å². The molecule has 0 aromatic carbocycles. The monoisotopic (exact) mass is 261 g/mol. The molecule has 3 rings (SSSR count). The topological polar surface area (TPSA) is 77.2 Å². The Morgan fingerprint density at radius 1 is 1.44 bits per heavy atom. The van der Waals surface area contributed by atoms with E-state index in [9.17, 15) is 14.4 Å². The maximum Gasteiger partial charge on any atom is 0.197 e. The van der Waals surface area contributed by atoms with Gasteiger partial charge in [-0.05, 0) is 30.4 Å². The van der Waals surface area contributed by atoms with Crippen LogP contribution in [0.3, 0.4) is 0 Å². The fraction of sp³-hybridized carbons (Fsp3) is 0.308. The van der Waals surface area contributed by atoms with Gasteiger partial charge >= 0.3 is 0 Å². The van der Waals surface area contributed by atoms with Crippen LogP contribution in [-0.2, 0) is 9.59 Å². The summed E-state index contributed by atoms with van der Waals surface area (Å²) in [5, 5.41) is 3.42. The molecule has 2 unspecified atom stereocenters.